The molecule has 0 aliphatic rings. The van der Waals surface area contributed by atoms with Crippen LogP contribution in [-0.2, 0) is 12.7 Å². The Bertz CT molecular complexity index is 980. The monoisotopic (exact) mass is 400 g/mol. The fraction of sp³-hybridized carbons (Fsp3) is 0.167. The Morgan fingerprint density at radius 3 is 2.54 bits per heavy atom. The molecule has 8 heteroatoms. The normalized spacial score (nSPS) is 12.4. The van der Waals surface area contributed by atoms with E-state index >= 15 is 0 Å². The van der Waals surface area contributed by atoms with Gasteiger partial charge in [-0.1, -0.05) is 35.3 Å². The van der Waals surface area contributed by atoms with Gasteiger partial charge >= 0.3 is 6.18 Å². The first kappa shape index (κ1) is 18.8. The minimum atomic E-state index is -4.46. The topological polar surface area (TPSA) is 38.1 Å². The van der Waals surface area contributed by atoms with Crippen LogP contribution in [0.2, 0.25) is 10.0 Å². The van der Waals surface area contributed by atoms with Crippen molar-refractivity contribution in [2.24, 2.45) is 0 Å². The summed E-state index contributed by atoms with van der Waals surface area (Å²) < 4.78 is 40.7. The molecule has 1 aromatic heterocycles. The maximum Gasteiger partial charge on any atom is 0.416 e. The van der Waals surface area contributed by atoms with E-state index in [4.69, 9.17) is 28.3 Å². The van der Waals surface area contributed by atoms with Crippen molar-refractivity contribution < 1.29 is 18.3 Å². The van der Waals surface area contributed by atoms with Crippen LogP contribution in [0.4, 0.5) is 13.2 Å². The van der Waals surface area contributed by atoms with Gasteiger partial charge < -0.3 is 5.11 Å². The van der Waals surface area contributed by atoms with Gasteiger partial charge in [-0.2, -0.15) is 18.3 Å². The number of halogens is 5. The Kier molecular flexibility index (Phi) is 5.27. The number of hydrogen-bond acceptors (Lipinski definition) is 2. The summed E-state index contributed by atoms with van der Waals surface area (Å²) in [6, 6.07) is 8.37. The number of rotatable bonds is 4. The molecular formula is C18H13Cl2F3N2O. The molecule has 0 saturated heterocycles. The summed E-state index contributed by atoms with van der Waals surface area (Å²) in [5.41, 5.74) is 0.706. The van der Waals surface area contributed by atoms with Crippen molar-refractivity contribution in [2.75, 3.05) is 6.61 Å². The van der Waals surface area contributed by atoms with E-state index in [9.17, 15) is 13.2 Å². The minimum Gasteiger partial charge on any atom is -0.392 e. The van der Waals surface area contributed by atoms with Crippen LogP contribution >= 0.6 is 23.2 Å². The number of aromatic nitrogens is 2. The van der Waals surface area contributed by atoms with Crippen LogP contribution in [0.25, 0.3) is 17.0 Å². The number of fused-ring (bicyclic) bond motifs is 1. The summed E-state index contributed by atoms with van der Waals surface area (Å²) in [7, 11) is 0. The number of aliphatic hydroxyl groups is 1. The van der Waals surface area contributed by atoms with E-state index in [1.165, 1.54) is 16.8 Å². The second kappa shape index (κ2) is 7.31. The SMILES string of the molecule is OC/C=C/c1nn(Cc2ccc(Cl)cc2Cl)c2cc(C(F)(F)F)ccc12. The molecule has 0 spiro atoms. The van der Waals surface area contributed by atoms with Gasteiger partial charge in [0, 0.05) is 15.4 Å². The first-order valence-corrected chi connectivity index (χ1v) is 8.34. The number of hydrogen-bond donors (Lipinski definition) is 1. The maximum absolute atomic E-state index is 13.1. The van der Waals surface area contributed by atoms with Crippen molar-refractivity contribution in [3.05, 3.63) is 69.3 Å². The first-order valence-electron chi connectivity index (χ1n) is 7.58. The standard InChI is InChI=1S/C18H13Cl2F3N2O/c19-13-5-3-11(15(20)9-13)10-25-17-8-12(18(21,22)23)4-6-14(17)16(24-25)2-1-7-26/h1-6,8-9,26H,7,10H2/b2-1+. The van der Waals surface area contributed by atoms with Crippen LogP contribution in [0.5, 0.6) is 0 Å². The van der Waals surface area contributed by atoms with E-state index in [-0.39, 0.29) is 13.2 Å². The van der Waals surface area contributed by atoms with Gasteiger partial charge in [0.25, 0.3) is 0 Å². The third-order valence-electron chi connectivity index (χ3n) is 3.82. The van der Waals surface area contributed by atoms with Crippen LogP contribution in [0.15, 0.2) is 42.5 Å². The van der Waals surface area contributed by atoms with Crippen LogP contribution in [0, 0.1) is 0 Å². The molecule has 0 aliphatic carbocycles. The van der Waals surface area contributed by atoms with Crippen LogP contribution in [-0.4, -0.2) is 21.5 Å². The Morgan fingerprint density at radius 2 is 1.88 bits per heavy atom. The van der Waals surface area contributed by atoms with E-state index in [0.717, 1.165) is 12.1 Å². The molecule has 136 valence electrons. The lowest BCUT2D eigenvalue weighted by Gasteiger charge is -2.09. The molecule has 1 N–H and O–H groups in total. The number of aliphatic hydroxyl groups excluding tert-OH is 1. The highest BCUT2D eigenvalue weighted by Crippen LogP contribution is 2.33. The van der Waals surface area contributed by atoms with Crippen LogP contribution < -0.4 is 0 Å². The second-order valence-corrected chi connectivity index (χ2v) is 6.44. The van der Waals surface area contributed by atoms with E-state index in [2.05, 4.69) is 5.10 Å². The highest BCUT2D eigenvalue weighted by molar-refractivity contribution is 6.35. The molecular weight excluding hydrogens is 388 g/mol. The number of nitrogens with zero attached hydrogens (tertiary/aromatic N) is 2. The summed E-state index contributed by atoms with van der Waals surface area (Å²) in [6.45, 7) is -0.0151. The van der Waals surface area contributed by atoms with Crippen molar-refractivity contribution in [1.29, 1.82) is 0 Å². The van der Waals surface area contributed by atoms with Gasteiger partial charge in [0.2, 0.25) is 0 Å². The largest absolute Gasteiger partial charge is 0.416 e. The van der Waals surface area contributed by atoms with E-state index in [0.29, 0.717) is 32.2 Å². The molecule has 3 aromatic rings. The number of benzene rings is 2. The fourth-order valence-corrected chi connectivity index (χ4v) is 3.06. The van der Waals surface area contributed by atoms with Gasteiger partial charge in [-0.15, -0.1) is 0 Å². The van der Waals surface area contributed by atoms with E-state index in [1.807, 2.05) is 0 Å². The summed E-state index contributed by atoms with van der Waals surface area (Å²) in [5.74, 6) is 0. The van der Waals surface area contributed by atoms with Crippen molar-refractivity contribution in [1.82, 2.24) is 9.78 Å². The van der Waals surface area contributed by atoms with Crippen LogP contribution in [0.3, 0.4) is 0 Å². The first-order chi connectivity index (χ1) is 12.3. The molecule has 0 unspecified atom stereocenters. The van der Waals surface area contributed by atoms with Gasteiger partial charge in [-0.25, -0.2) is 0 Å². The summed E-state index contributed by atoms with van der Waals surface area (Å²) in [6.07, 6.45) is -1.42. The number of alkyl halides is 3. The molecule has 0 radical (unpaired) electrons. The van der Waals surface area contributed by atoms with Gasteiger partial charge in [0.1, 0.15) is 0 Å². The van der Waals surface area contributed by atoms with Gasteiger partial charge in [-0.05, 0) is 42.0 Å². The zero-order chi connectivity index (χ0) is 18.9. The molecule has 1 heterocycles. The quantitative estimate of drug-likeness (QED) is 0.635. The highest BCUT2D eigenvalue weighted by Gasteiger charge is 2.31. The van der Waals surface area contributed by atoms with Crippen molar-refractivity contribution in [3.63, 3.8) is 0 Å². The maximum atomic E-state index is 13.1. The van der Waals surface area contributed by atoms with E-state index in [1.54, 1.807) is 24.3 Å². The molecule has 3 rings (SSSR count). The molecule has 26 heavy (non-hydrogen) atoms. The zero-order valence-electron chi connectivity index (χ0n) is 13.3. The molecule has 0 bridgehead atoms. The second-order valence-electron chi connectivity index (χ2n) is 5.59. The summed E-state index contributed by atoms with van der Waals surface area (Å²) >= 11 is 12.1. The van der Waals surface area contributed by atoms with Gasteiger partial charge in [-0.3, -0.25) is 4.68 Å². The Hall–Kier alpha value is -2.02. The van der Waals surface area contributed by atoms with Crippen molar-refractivity contribution in [3.8, 4) is 0 Å². The molecule has 0 fully saturated rings. The summed E-state index contributed by atoms with van der Waals surface area (Å²) in [4.78, 5) is 0. The molecule has 0 amide bonds. The summed E-state index contributed by atoms with van der Waals surface area (Å²) in [5, 5.41) is 14.7. The minimum absolute atomic E-state index is 0.181. The molecule has 0 aliphatic heterocycles. The highest BCUT2D eigenvalue weighted by atomic mass is 35.5. The average Bonchev–Trinajstić information content (AvgIpc) is 2.92. The molecule has 3 nitrogen and oxygen atoms in total. The van der Waals surface area contributed by atoms with Crippen molar-refractivity contribution >= 4 is 40.2 Å². The van der Waals surface area contributed by atoms with Crippen molar-refractivity contribution in [2.45, 2.75) is 12.7 Å². The Labute approximate surface area is 157 Å². The third-order valence-corrected chi connectivity index (χ3v) is 4.41. The van der Waals surface area contributed by atoms with E-state index < -0.39 is 11.7 Å². The predicted octanol–water partition coefficient (Wildman–Crippen LogP) is 5.42. The lowest BCUT2D eigenvalue weighted by molar-refractivity contribution is -0.137. The van der Waals surface area contributed by atoms with Crippen LogP contribution in [0.1, 0.15) is 16.8 Å². The lowest BCUT2D eigenvalue weighted by atomic mass is 10.1. The molecule has 2 aromatic carbocycles. The Morgan fingerprint density at radius 1 is 1.12 bits per heavy atom. The third kappa shape index (κ3) is 3.87. The average molecular weight is 401 g/mol. The smallest absolute Gasteiger partial charge is 0.392 e. The lowest BCUT2D eigenvalue weighted by Crippen LogP contribution is -2.06. The zero-order valence-corrected chi connectivity index (χ0v) is 14.8. The molecule has 0 atom stereocenters. The fourth-order valence-electron chi connectivity index (χ4n) is 2.60. The Balaban J connectivity index is 2.14. The predicted molar refractivity (Wildman–Crippen MR) is 96.4 cm³/mol. The van der Waals surface area contributed by atoms with Gasteiger partial charge in [0.05, 0.1) is 29.9 Å². The molecule has 0 saturated carbocycles. The van der Waals surface area contributed by atoms with Gasteiger partial charge in [0.15, 0.2) is 0 Å².